The van der Waals surface area contributed by atoms with Crippen molar-refractivity contribution in [3.8, 4) is 0 Å². The maximum absolute atomic E-state index is 13.5. The first-order chi connectivity index (χ1) is 11.9. The Morgan fingerprint density at radius 2 is 2.04 bits per heavy atom. The van der Waals surface area contributed by atoms with Crippen LogP contribution in [-0.2, 0) is 0 Å². The van der Waals surface area contributed by atoms with E-state index in [2.05, 4.69) is 15.5 Å². The minimum absolute atomic E-state index is 0.166. The van der Waals surface area contributed by atoms with Crippen molar-refractivity contribution >= 4 is 16.9 Å². The summed E-state index contributed by atoms with van der Waals surface area (Å²) in [5, 5.41) is 6.48. The maximum Gasteiger partial charge on any atom is 0.320 e. The van der Waals surface area contributed by atoms with Gasteiger partial charge in [0.15, 0.2) is 0 Å². The van der Waals surface area contributed by atoms with Crippen LogP contribution in [0.2, 0.25) is 0 Å². The van der Waals surface area contributed by atoms with Crippen LogP contribution in [0, 0.1) is 13.8 Å². The minimum atomic E-state index is -2.71. The summed E-state index contributed by atoms with van der Waals surface area (Å²) in [5.74, 6) is -0.0913. The average molecular weight is 348 g/mol. The van der Waals surface area contributed by atoms with Crippen LogP contribution in [0.4, 0.5) is 8.78 Å². The second-order valence-corrected chi connectivity index (χ2v) is 5.92. The lowest BCUT2D eigenvalue weighted by Crippen LogP contribution is -2.29. The predicted octanol–water partition coefficient (Wildman–Crippen LogP) is 3.57. The molecule has 0 aliphatic rings. The van der Waals surface area contributed by atoms with E-state index in [1.165, 1.54) is 0 Å². The molecule has 0 bridgehead atoms. The molecule has 2 aromatic heterocycles. The van der Waals surface area contributed by atoms with Gasteiger partial charge >= 0.3 is 6.55 Å². The molecule has 0 saturated carbocycles. The van der Waals surface area contributed by atoms with Crippen LogP contribution in [0.5, 0.6) is 0 Å². The molecule has 1 N–H and O–H groups in total. The van der Waals surface area contributed by atoms with Crippen LogP contribution >= 0.6 is 0 Å². The van der Waals surface area contributed by atoms with E-state index in [4.69, 9.17) is 4.52 Å². The standard InChI is InChI=1S/C17H18F2N4O2/c1-9(8-20-16(24)14-10(2)22-25-11(14)3)15-21-12-6-4-5-7-13(12)23(15)17(18)19/h4-7,9,17H,8H2,1-3H3,(H,20,24). The van der Waals surface area contributed by atoms with Crippen LogP contribution < -0.4 is 5.32 Å². The summed E-state index contributed by atoms with van der Waals surface area (Å²) < 4.78 is 32.9. The van der Waals surface area contributed by atoms with Crippen molar-refractivity contribution in [2.45, 2.75) is 33.2 Å². The van der Waals surface area contributed by atoms with Crippen molar-refractivity contribution in [1.82, 2.24) is 20.0 Å². The van der Waals surface area contributed by atoms with Gasteiger partial charge in [0.2, 0.25) is 0 Å². The third kappa shape index (κ3) is 3.11. The van der Waals surface area contributed by atoms with Crippen molar-refractivity contribution in [2.75, 3.05) is 6.54 Å². The van der Waals surface area contributed by atoms with Gasteiger partial charge < -0.3 is 9.84 Å². The number of fused-ring (bicyclic) bond motifs is 1. The van der Waals surface area contributed by atoms with E-state index >= 15 is 0 Å². The van der Waals surface area contributed by atoms with Crippen molar-refractivity contribution < 1.29 is 18.1 Å². The van der Waals surface area contributed by atoms with Crippen molar-refractivity contribution in [2.24, 2.45) is 0 Å². The van der Waals surface area contributed by atoms with Gasteiger partial charge in [-0.15, -0.1) is 0 Å². The molecule has 3 aromatic rings. The number of carbonyl (C=O) groups excluding carboxylic acids is 1. The highest BCUT2D eigenvalue weighted by molar-refractivity contribution is 5.96. The monoisotopic (exact) mass is 348 g/mol. The lowest BCUT2D eigenvalue weighted by molar-refractivity contribution is 0.0704. The van der Waals surface area contributed by atoms with E-state index in [9.17, 15) is 13.6 Å². The van der Waals surface area contributed by atoms with E-state index in [0.29, 0.717) is 28.1 Å². The van der Waals surface area contributed by atoms with Gasteiger partial charge in [-0.2, -0.15) is 8.78 Å². The van der Waals surface area contributed by atoms with Gasteiger partial charge in [0.05, 0.1) is 16.7 Å². The molecular weight excluding hydrogens is 330 g/mol. The predicted molar refractivity (Wildman–Crippen MR) is 87.7 cm³/mol. The molecule has 132 valence electrons. The number of aryl methyl sites for hydroxylation is 2. The summed E-state index contributed by atoms with van der Waals surface area (Å²) in [5.41, 5.74) is 1.73. The highest BCUT2D eigenvalue weighted by atomic mass is 19.3. The minimum Gasteiger partial charge on any atom is -0.361 e. The van der Waals surface area contributed by atoms with Gasteiger partial charge in [-0.05, 0) is 26.0 Å². The van der Waals surface area contributed by atoms with E-state index in [1.54, 1.807) is 45.0 Å². The number of hydrogen-bond acceptors (Lipinski definition) is 4. The number of alkyl halides is 2. The molecule has 0 aliphatic heterocycles. The Morgan fingerprint density at radius 3 is 2.68 bits per heavy atom. The number of nitrogens with zero attached hydrogens (tertiary/aromatic N) is 3. The van der Waals surface area contributed by atoms with Gasteiger partial charge in [-0.1, -0.05) is 24.2 Å². The molecule has 8 heteroatoms. The Bertz CT molecular complexity index is 897. The molecule has 1 amide bonds. The molecule has 1 atom stereocenters. The topological polar surface area (TPSA) is 73.0 Å². The molecule has 1 unspecified atom stereocenters. The smallest absolute Gasteiger partial charge is 0.320 e. The summed E-state index contributed by atoms with van der Waals surface area (Å²) in [6.45, 7) is 2.52. The Labute approximate surface area is 142 Å². The van der Waals surface area contributed by atoms with Crippen molar-refractivity contribution in [1.29, 1.82) is 0 Å². The number of rotatable bonds is 5. The molecule has 0 fully saturated rings. The lowest BCUT2D eigenvalue weighted by atomic mass is 10.1. The molecule has 1 aromatic carbocycles. The van der Waals surface area contributed by atoms with E-state index in [0.717, 1.165) is 4.57 Å². The summed E-state index contributed by atoms with van der Waals surface area (Å²) in [7, 11) is 0. The second-order valence-electron chi connectivity index (χ2n) is 5.92. The maximum atomic E-state index is 13.5. The number of halogens is 2. The zero-order chi connectivity index (χ0) is 18.1. The van der Waals surface area contributed by atoms with Gasteiger partial charge in [0, 0.05) is 12.5 Å². The van der Waals surface area contributed by atoms with Crippen LogP contribution in [0.15, 0.2) is 28.8 Å². The van der Waals surface area contributed by atoms with Crippen molar-refractivity contribution in [3.05, 3.63) is 47.1 Å². The van der Waals surface area contributed by atoms with Gasteiger partial charge in [-0.25, -0.2) is 4.98 Å². The Hall–Kier alpha value is -2.77. The Morgan fingerprint density at radius 1 is 1.32 bits per heavy atom. The van der Waals surface area contributed by atoms with Gasteiger partial charge in [0.25, 0.3) is 5.91 Å². The second kappa shape index (κ2) is 6.62. The number of carbonyl (C=O) groups is 1. The summed E-state index contributed by atoms with van der Waals surface area (Å²) in [4.78, 5) is 16.6. The number of amides is 1. The molecule has 3 rings (SSSR count). The first-order valence-corrected chi connectivity index (χ1v) is 7.86. The SMILES string of the molecule is Cc1noc(C)c1C(=O)NCC(C)c1nc2ccccc2n1C(F)F. The molecule has 2 heterocycles. The van der Waals surface area contributed by atoms with E-state index < -0.39 is 12.5 Å². The number of imidazole rings is 1. The molecule has 0 saturated heterocycles. The quantitative estimate of drug-likeness (QED) is 0.765. The van der Waals surface area contributed by atoms with Crippen LogP contribution in [0.3, 0.4) is 0 Å². The number of nitrogens with one attached hydrogen (secondary N) is 1. The van der Waals surface area contributed by atoms with Crippen LogP contribution in [0.25, 0.3) is 11.0 Å². The number of benzene rings is 1. The third-order valence-corrected chi connectivity index (χ3v) is 4.09. The third-order valence-electron chi connectivity index (χ3n) is 4.09. The van der Waals surface area contributed by atoms with Crippen LogP contribution in [-0.4, -0.2) is 27.2 Å². The molecule has 25 heavy (non-hydrogen) atoms. The molecular formula is C17H18F2N4O2. The fraction of sp³-hybridized carbons (Fsp3) is 0.353. The Balaban J connectivity index is 1.82. The molecule has 0 spiro atoms. The lowest BCUT2D eigenvalue weighted by Gasteiger charge is -2.15. The van der Waals surface area contributed by atoms with Crippen LogP contribution in [0.1, 0.15) is 47.0 Å². The zero-order valence-corrected chi connectivity index (χ0v) is 14.1. The molecule has 6 nitrogen and oxygen atoms in total. The highest BCUT2D eigenvalue weighted by Gasteiger charge is 2.23. The summed E-state index contributed by atoms with van der Waals surface area (Å²) >= 11 is 0. The first kappa shape index (κ1) is 17.1. The molecule has 0 radical (unpaired) electrons. The highest BCUT2D eigenvalue weighted by Crippen LogP contribution is 2.27. The van der Waals surface area contributed by atoms with Gasteiger partial charge in [0.1, 0.15) is 17.1 Å². The Kier molecular flexibility index (Phi) is 4.52. The summed E-state index contributed by atoms with van der Waals surface area (Å²) in [6, 6.07) is 6.73. The van der Waals surface area contributed by atoms with Crippen molar-refractivity contribution in [3.63, 3.8) is 0 Å². The molecule has 0 aliphatic carbocycles. The fourth-order valence-electron chi connectivity index (χ4n) is 2.85. The fourth-order valence-corrected chi connectivity index (χ4v) is 2.85. The number of aromatic nitrogens is 3. The number of para-hydroxylation sites is 2. The van der Waals surface area contributed by atoms with E-state index in [1.807, 2.05) is 0 Å². The summed E-state index contributed by atoms with van der Waals surface area (Å²) in [6.07, 6.45) is 0. The average Bonchev–Trinajstić information content (AvgIpc) is 3.12. The normalized spacial score (nSPS) is 12.7. The zero-order valence-electron chi connectivity index (χ0n) is 14.1. The van der Waals surface area contributed by atoms with Gasteiger partial charge in [-0.3, -0.25) is 9.36 Å². The first-order valence-electron chi connectivity index (χ1n) is 7.86. The van der Waals surface area contributed by atoms with E-state index in [-0.39, 0.29) is 18.3 Å². The number of hydrogen-bond donors (Lipinski definition) is 1. The largest absolute Gasteiger partial charge is 0.361 e.